The monoisotopic (exact) mass is 169 g/mol. The van der Waals surface area contributed by atoms with E-state index in [1.165, 1.54) is 6.07 Å². The van der Waals surface area contributed by atoms with Crippen molar-refractivity contribution in [3.63, 3.8) is 0 Å². The number of hydrogen-bond acceptors (Lipinski definition) is 4. The van der Waals surface area contributed by atoms with Crippen molar-refractivity contribution in [2.75, 3.05) is 11.8 Å². The quantitative estimate of drug-likeness (QED) is 0.674. The highest BCUT2D eigenvalue weighted by Gasteiger charge is 2.06. The number of phenols is 1. The van der Waals surface area contributed by atoms with Crippen LogP contribution >= 0.6 is 0 Å². The molecule has 0 heterocycles. The zero-order valence-electron chi connectivity index (χ0n) is 6.77. The van der Waals surface area contributed by atoms with E-state index in [-0.39, 0.29) is 11.4 Å². The molecule has 0 amide bonds. The van der Waals surface area contributed by atoms with Crippen molar-refractivity contribution in [3.05, 3.63) is 24.3 Å². The average Bonchev–Trinajstić information content (AvgIpc) is 2.05. The van der Waals surface area contributed by atoms with Gasteiger partial charge in [-0.15, -0.1) is 5.23 Å². The first-order valence-electron chi connectivity index (χ1n) is 3.65. The van der Waals surface area contributed by atoms with Crippen molar-refractivity contribution >= 4 is 5.69 Å². The highest BCUT2D eigenvalue weighted by atomic mass is 16.9. The van der Waals surface area contributed by atoms with Gasteiger partial charge in [0.15, 0.2) is 0 Å². The number of aromatic hydroxyl groups is 1. The molecule has 0 atom stereocenters. The molecule has 0 aliphatic carbocycles. The molecule has 1 rings (SSSR count). The maximum Gasteiger partial charge on any atom is 0.143 e. The Balaban J connectivity index is 2.79. The first kappa shape index (κ1) is 8.83. The Kier molecular flexibility index (Phi) is 2.90. The smallest absolute Gasteiger partial charge is 0.143 e. The average molecular weight is 169 g/mol. The Morgan fingerprint density at radius 1 is 1.42 bits per heavy atom. The second-order valence-corrected chi connectivity index (χ2v) is 2.18. The molecule has 0 radical (unpaired) electrons. The molecule has 0 bridgehead atoms. The molecule has 0 saturated heterocycles. The number of para-hydroxylation sites is 2. The molecule has 2 N–H and O–H groups in total. The Bertz CT molecular complexity index is 252. The summed E-state index contributed by atoms with van der Waals surface area (Å²) in [4.78, 5) is 4.74. The molecule has 66 valence electrons. The Morgan fingerprint density at radius 3 is 2.67 bits per heavy atom. The largest absolute Gasteiger partial charge is 0.506 e. The summed E-state index contributed by atoms with van der Waals surface area (Å²) in [6.45, 7) is 2.08. The summed E-state index contributed by atoms with van der Waals surface area (Å²) in [5.74, 6) is -0.0200. The number of phenolic OH excluding ortho intramolecular Hbond substituents is 1. The number of hydrogen-bond donors (Lipinski definition) is 2. The fourth-order valence-electron chi connectivity index (χ4n) is 0.818. The van der Waals surface area contributed by atoms with Gasteiger partial charge in [-0.3, -0.25) is 5.21 Å². The second kappa shape index (κ2) is 3.94. The van der Waals surface area contributed by atoms with Crippen LogP contribution in [-0.4, -0.2) is 16.9 Å². The van der Waals surface area contributed by atoms with Crippen LogP contribution < -0.4 is 5.23 Å². The summed E-state index contributed by atoms with van der Waals surface area (Å²) in [6, 6.07) is 6.37. The number of nitrogens with zero attached hydrogens (tertiary/aromatic N) is 1. The minimum absolute atomic E-state index is 0.0200. The minimum Gasteiger partial charge on any atom is -0.506 e. The van der Waals surface area contributed by atoms with E-state index in [1.54, 1.807) is 25.1 Å². The first-order chi connectivity index (χ1) is 5.75. The molecule has 0 aliphatic rings. The van der Waals surface area contributed by atoms with Crippen LogP contribution in [0.2, 0.25) is 0 Å². The third-order valence-electron chi connectivity index (χ3n) is 1.34. The van der Waals surface area contributed by atoms with E-state index in [4.69, 9.17) is 10.0 Å². The predicted octanol–water partition coefficient (Wildman–Crippen LogP) is 1.54. The van der Waals surface area contributed by atoms with Crippen LogP contribution in [0.4, 0.5) is 5.69 Å². The fourth-order valence-corrected chi connectivity index (χ4v) is 0.818. The van der Waals surface area contributed by atoms with Gasteiger partial charge < -0.3 is 5.11 Å². The van der Waals surface area contributed by atoms with Crippen LogP contribution in [0, 0.1) is 0 Å². The van der Waals surface area contributed by atoms with E-state index in [2.05, 4.69) is 0 Å². The van der Waals surface area contributed by atoms with Crippen LogP contribution in [0.25, 0.3) is 0 Å². The minimum atomic E-state index is -0.0200. The third kappa shape index (κ3) is 1.87. The maximum absolute atomic E-state index is 9.23. The van der Waals surface area contributed by atoms with Gasteiger partial charge in [-0.25, -0.2) is 4.84 Å². The molecule has 0 unspecified atom stereocenters. The van der Waals surface area contributed by atoms with E-state index in [0.29, 0.717) is 11.8 Å². The molecule has 0 spiro atoms. The Hall–Kier alpha value is -1.26. The zero-order chi connectivity index (χ0) is 8.97. The van der Waals surface area contributed by atoms with Crippen LogP contribution in [0.3, 0.4) is 0 Å². The molecule has 0 aliphatic heterocycles. The van der Waals surface area contributed by atoms with Gasteiger partial charge in [-0.05, 0) is 19.1 Å². The van der Waals surface area contributed by atoms with Gasteiger partial charge in [-0.1, -0.05) is 12.1 Å². The molecule has 0 fully saturated rings. The number of benzene rings is 1. The molecule has 1 aromatic rings. The van der Waals surface area contributed by atoms with Gasteiger partial charge in [-0.2, -0.15) is 0 Å². The molecule has 4 nitrogen and oxygen atoms in total. The summed E-state index contributed by atoms with van der Waals surface area (Å²) in [5, 5.41) is 18.9. The van der Waals surface area contributed by atoms with E-state index < -0.39 is 0 Å². The lowest BCUT2D eigenvalue weighted by Crippen LogP contribution is -2.18. The Morgan fingerprint density at radius 2 is 2.08 bits per heavy atom. The summed E-state index contributed by atoms with van der Waals surface area (Å²) in [5.41, 5.74) is 0.236. The summed E-state index contributed by atoms with van der Waals surface area (Å²) in [6.07, 6.45) is 0. The van der Waals surface area contributed by atoms with Crippen LogP contribution in [0.5, 0.6) is 5.75 Å². The van der Waals surface area contributed by atoms with Crippen LogP contribution in [0.15, 0.2) is 24.3 Å². The molecular weight excluding hydrogens is 158 g/mol. The highest BCUT2D eigenvalue weighted by Crippen LogP contribution is 2.24. The first-order valence-corrected chi connectivity index (χ1v) is 3.65. The fraction of sp³-hybridized carbons (Fsp3) is 0.250. The van der Waals surface area contributed by atoms with Gasteiger partial charge in [0.25, 0.3) is 0 Å². The van der Waals surface area contributed by atoms with Crippen molar-refractivity contribution in [2.24, 2.45) is 0 Å². The molecule has 4 heteroatoms. The van der Waals surface area contributed by atoms with Crippen molar-refractivity contribution in [1.29, 1.82) is 0 Å². The lowest BCUT2D eigenvalue weighted by Gasteiger charge is -2.15. The van der Waals surface area contributed by atoms with Crippen molar-refractivity contribution < 1.29 is 15.2 Å². The SMILES string of the molecule is CCON(O)c1ccccc1O. The molecule has 0 aromatic heterocycles. The summed E-state index contributed by atoms with van der Waals surface area (Å²) >= 11 is 0. The summed E-state index contributed by atoms with van der Waals surface area (Å²) < 4.78 is 0. The maximum atomic E-state index is 9.23. The van der Waals surface area contributed by atoms with Crippen molar-refractivity contribution in [3.8, 4) is 5.75 Å². The lowest BCUT2D eigenvalue weighted by atomic mass is 10.3. The van der Waals surface area contributed by atoms with Gasteiger partial charge in [0, 0.05) is 0 Å². The van der Waals surface area contributed by atoms with Crippen molar-refractivity contribution in [2.45, 2.75) is 6.92 Å². The van der Waals surface area contributed by atoms with E-state index in [0.717, 1.165) is 0 Å². The molecule has 12 heavy (non-hydrogen) atoms. The zero-order valence-corrected chi connectivity index (χ0v) is 6.77. The van der Waals surface area contributed by atoms with E-state index in [9.17, 15) is 5.11 Å². The normalized spacial score (nSPS) is 9.83. The molecular formula is C8H11NO3. The van der Waals surface area contributed by atoms with E-state index >= 15 is 0 Å². The topological polar surface area (TPSA) is 52.9 Å². The van der Waals surface area contributed by atoms with Gasteiger partial charge in [0.05, 0.1) is 6.61 Å². The van der Waals surface area contributed by atoms with E-state index in [1.807, 2.05) is 0 Å². The second-order valence-electron chi connectivity index (χ2n) is 2.18. The number of anilines is 1. The molecule has 0 saturated carbocycles. The lowest BCUT2D eigenvalue weighted by molar-refractivity contribution is -0.0361. The third-order valence-corrected chi connectivity index (χ3v) is 1.34. The van der Waals surface area contributed by atoms with Crippen molar-refractivity contribution in [1.82, 2.24) is 0 Å². The van der Waals surface area contributed by atoms with Gasteiger partial charge in [0.1, 0.15) is 11.4 Å². The standard InChI is InChI=1S/C8H11NO3/c1-2-12-9(11)7-5-3-4-6-8(7)10/h3-6,10-11H,2H2,1H3. The van der Waals surface area contributed by atoms with Crippen LogP contribution in [-0.2, 0) is 4.84 Å². The highest BCUT2D eigenvalue weighted by molar-refractivity contribution is 5.53. The number of rotatable bonds is 3. The Labute approximate surface area is 70.5 Å². The predicted molar refractivity (Wildman–Crippen MR) is 44.0 cm³/mol. The van der Waals surface area contributed by atoms with Gasteiger partial charge >= 0.3 is 0 Å². The molecule has 1 aromatic carbocycles. The summed E-state index contributed by atoms with van der Waals surface area (Å²) in [7, 11) is 0. The van der Waals surface area contributed by atoms with Crippen LogP contribution in [0.1, 0.15) is 6.92 Å². The van der Waals surface area contributed by atoms with Gasteiger partial charge in [0.2, 0.25) is 0 Å².